The number of primary amides is 1. The molecule has 0 spiro atoms. The maximum Gasteiger partial charge on any atom is 0.253 e. The van der Waals surface area contributed by atoms with Crippen molar-refractivity contribution in [3.8, 4) is 21.7 Å². The van der Waals surface area contributed by atoms with Crippen LogP contribution >= 0.6 is 11.3 Å². The van der Waals surface area contributed by atoms with Gasteiger partial charge >= 0.3 is 0 Å². The first-order valence-electron chi connectivity index (χ1n) is 8.54. The Labute approximate surface area is 164 Å². The minimum atomic E-state index is -0.521. The van der Waals surface area contributed by atoms with E-state index < -0.39 is 5.91 Å². The quantitative estimate of drug-likeness (QED) is 0.512. The molecule has 4 N–H and O–H groups in total. The number of hydrogen-bond donors (Lipinski definition) is 2. The van der Waals surface area contributed by atoms with Crippen molar-refractivity contribution in [2.24, 2.45) is 5.73 Å². The topological polar surface area (TPSA) is 126 Å². The summed E-state index contributed by atoms with van der Waals surface area (Å²) in [5.41, 5.74) is 15.8. The monoisotopic (exact) mass is 397 g/mol. The fraction of sp³-hybridized carbons (Fsp3) is 0.222. The van der Waals surface area contributed by atoms with Gasteiger partial charge in [0.2, 0.25) is 0 Å². The minimum absolute atomic E-state index is 0.374. The number of aryl methyl sites for hydroxylation is 1. The van der Waals surface area contributed by atoms with E-state index in [9.17, 15) is 4.79 Å². The first-order valence-corrected chi connectivity index (χ1v) is 9.36. The van der Waals surface area contributed by atoms with Crippen LogP contribution in [0.2, 0.25) is 0 Å². The largest absolute Gasteiger partial charge is 0.397 e. The van der Waals surface area contributed by atoms with Crippen LogP contribution in [0.3, 0.4) is 0 Å². The maximum absolute atomic E-state index is 11.8. The lowest BCUT2D eigenvalue weighted by Gasteiger charge is -2.07. The summed E-state index contributed by atoms with van der Waals surface area (Å²) in [5.74, 6) is -0.521. The van der Waals surface area contributed by atoms with E-state index in [-0.39, 0.29) is 0 Å². The summed E-state index contributed by atoms with van der Waals surface area (Å²) in [6.45, 7) is 3.11. The molecule has 0 aliphatic heterocycles. The van der Waals surface area contributed by atoms with Crippen LogP contribution in [0.15, 0.2) is 30.9 Å². The molecule has 4 heterocycles. The number of aromatic nitrogens is 5. The number of ether oxygens (including phenoxy) is 1. The van der Waals surface area contributed by atoms with Crippen LogP contribution in [0.4, 0.5) is 5.69 Å². The molecule has 0 unspecified atom stereocenters. The molecule has 0 fully saturated rings. The SMILES string of the molecule is COCCn1cc(-c2sc3c(C(N)=O)cnn3c2-c2cc(N)cnc2C)cn1. The zero-order chi connectivity index (χ0) is 19.8. The van der Waals surface area contributed by atoms with E-state index in [2.05, 4.69) is 15.2 Å². The molecule has 0 saturated carbocycles. The molecule has 1 amide bonds. The van der Waals surface area contributed by atoms with Crippen molar-refractivity contribution in [3.05, 3.63) is 42.1 Å². The first kappa shape index (κ1) is 18.1. The predicted molar refractivity (Wildman–Crippen MR) is 107 cm³/mol. The number of pyridine rings is 1. The Balaban J connectivity index is 1.96. The van der Waals surface area contributed by atoms with Crippen molar-refractivity contribution in [1.29, 1.82) is 0 Å². The molecular weight excluding hydrogens is 378 g/mol. The summed E-state index contributed by atoms with van der Waals surface area (Å²) in [7, 11) is 1.65. The van der Waals surface area contributed by atoms with Gasteiger partial charge in [-0.1, -0.05) is 0 Å². The Hall–Kier alpha value is -3.24. The number of nitrogens with two attached hydrogens (primary N) is 2. The third kappa shape index (κ3) is 3.02. The minimum Gasteiger partial charge on any atom is -0.397 e. The summed E-state index contributed by atoms with van der Waals surface area (Å²) in [6.07, 6.45) is 6.82. The van der Waals surface area contributed by atoms with Gasteiger partial charge in [-0.2, -0.15) is 10.2 Å². The molecule has 4 aromatic rings. The number of anilines is 1. The lowest BCUT2D eigenvalue weighted by atomic mass is 10.1. The van der Waals surface area contributed by atoms with E-state index in [4.69, 9.17) is 16.2 Å². The molecule has 0 bridgehead atoms. The lowest BCUT2D eigenvalue weighted by molar-refractivity contribution is 0.100. The van der Waals surface area contributed by atoms with E-state index >= 15 is 0 Å². The summed E-state index contributed by atoms with van der Waals surface area (Å²) < 4.78 is 8.64. The van der Waals surface area contributed by atoms with Gasteiger partial charge in [-0.25, -0.2) is 4.52 Å². The molecule has 0 aromatic carbocycles. The number of thiazole rings is 1. The molecule has 0 saturated heterocycles. The fourth-order valence-electron chi connectivity index (χ4n) is 3.01. The number of nitrogen functional groups attached to an aromatic ring is 1. The van der Waals surface area contributed by atoms with Gasteiger partial charge in [-0.3, -0.25) is 14.5 Å². The Morgan fingerprint density at radius 1 is 1.29 bits per heavy atom. The standard InChI is InChI=1S/C18H19N7O2S/c1-10-13(5-12(19)7-21-10)15-16(11-6-22-24(9-11)3-4-27-2)28-18-14(17(20)26)8-23-25(15)18/h5-9H,3-4,19H2,1-2H3,(H2,20,26). The summed E-state index contributed by atoms with van der Waals surface area (Å²) in [4.78, 5) is 17.8. The molecule has 0 radical (unpaired) electrons. The van der Waals surface area contributed by atoms with Crippen LogP contribution in [0.5, 0.6) is 0 Å². The number of carbonyl (C=O) groups excluding carboxylic acids is 1. The van der Waals surface area contributed by atoms with Gasteiger partial charge in [0.1, 0.15) is 4.83 Å². The highest BCUT2D eigenvalue weighted by Gasteiger charge is 2.23. The fourth-order valence-corrected chi connectivity index (χ4v) is 4.21. The number of hydrogen-bond acceptors (Lipinski definition) is 7. The van der Waals surface area contributed by atoms with Gasteiger partial charge in [-0.05, 0) is 13.0 Å². The summed E-state index contributed by atoms with van der Waals surface area (Å²) in [6, 6.07) is 1.86. The van der Waals surface area contributed by atoms with E-state index in [1.807, 2.05) is 23.9 Å². The van der Waals surface area contributed by atoms with Crippen molar-refractivity contribution in [2.75, 3.05) is 19.5 Å². The zero-order valence-electron chi connectivity index (χ0n) is 15.4. The van der Waals surface area contributed by atoms with E-state index in [1.54, 1.807) is 24.0 Å². The highest BCUT2D eigenvalue weighted by molar-refractivity contribution is 7.21. The number of fused-ring (bicyclic) bond motifs is 1. The third-order valence-electron chi connectivity index (χ3n) is 4.40. The summed E-state index contributed by atoms with van der Waals surface area (Å²) >= 11 is 1.43. The van der Waals surface area contributed by atoms with Gasteiger partial charge < -0.3 is 16.2 Å². The number of methoxy groups -OCH3 is 1. The van der Waals surface area contributed by atoms with Gasteiger partial charge in [0.25, 0.3) is 5.91 Å². The van der Waals surface area contributed by atoms with Crippen molar-refractivity contribution in [2.45, 2.75) is 13.5 Å². The van der Waals surface area contributed by atoms with Gasteiger partial charge in [-0.15, -0.1) is 11.3 Å². The van der Waals surface area contributed by atoms with E-state index in [0.717, 1.165) is 27.4 Å². The van der Waals surface area contributed by atoms with E-state index in [0.29, 0.717) is 29.2 Å². The molecule has 0 aliphatic rings. The average molecular weight is 397 g/mol. The average Bonchev–Trinajstić information content (AvgIpc) is 3.36. The van der Waals surface area contributed by atoms with Crippen molar-refractivity contribution in [1.82, 2.24) is 24.4 Å². The van der Waals surface area contributed by atoms with Crippen molar-refractivity contribution >= 4 is 27.8 Å². The van der Waals surface area contributed by atoms with Gasteiger partial charge in [0.15, 0.2) is 0 Å². The van der Waals surface area contributed by atoms with Crippen LogP contribution in [-0.2, 0) is 11.3 Å². The van der Waals surface area contributed by atoms with Crippen LogP contribution in [0, 0.1) is 6.92 Å². The Bertz CT molecular complexity index is 1170. The molecule has 4 rings (SSSR count). The van der Waals surface area contributed by atoms with Crippen molar-refractivity contribution < 1.29 is 9.53 Å². The number of rotatable bonds is 6. The third-order valence-corrected chi connectivity index (χ3v) is 5.62. The maximum atomic E-state index is 11.8. The Morgan fingerprint density at radius 2 is 2.11 bits per heavy atom. The van der Waals surface area contributed by atoms with Crippen LogP contribution in [0.1, 0.15) is 16.1 Å². The second-order valence-electron chi connectivity index (χ2n) is 6.31. The molecule has 10 heteroatoms. The van der Waals surface area contributed by atoms with Crippen LogP contribution in [-0.4, -0.2) is 44.0 Å². The van der Waals surface area contributed by atoms with Crippen molar-refractivity contribution in [3.63, 3.8) is 0 Å². The molecule has 4 aromatic heterocycles. The highest BCUT2D eigenvalue weighted by Crippen LogP contribution is 2.41. The normalized spacial score (nSPS) is 11.4. The Morgan fingerprint density at radius 3 is 2.86 bits per heavy atom. The summed E-state index contributed by atoms with van der Waals surface area (Å²) in [5, 5.41) is 8.80. The zero-order valence-corrected chi connectivity index (χ0v) is 16.2. The number of nitrogens with zero attached hydrogens (tertiary/aromatic N) is 5. The molecule has 0 atom stereocenters. The Kier molecular flexibility index (Phi) is 4.57. The van der Waals surface area contributed by atoms with Gasteiger partial charge in [0.05, 0.1) is 53.6 Å². The lowest BCUT2D eigenvalue weighted by Crippen LogP contribution is -2.09. The molecular formula is C18H19N7O2S. The molecule has 144 valence electrons. The predicted octanol–water partition coefficient (Wildman–Crippen LogP) is 1.96. The second kappa shape index (κ2) is 7.06. The van der Waals surface area contributed by atoms with Gasteiger partial charge in [0, 0.05) is 30.1 Å². The van der Waals surface area contributed by atoms with Crippen LogP contribution in [0.25, 0.3) is 26.5 Å². The first-order chi connectivity index (χ1) is 13.5. The highest BCUT2D eigenvalue weighted by atomic mass is 32.1. The molecule has 9 nitrogen and oxygen atoms in total. The second-order valence-corrected chi connectivity index (χ2v) is 7.30. The smallest absolute Gasteiger partial charge is 0.253 e. The molecule has 28 heavy (non-hydrogen) atoms. The van der Waals surface area contributed by atoms with E-state index in [1.165, 1.54) is 17.5 Å². The number of amides is 1. The molecule has 0 aliphatic carbocycles. The van der Waals surface area contributed by atoms with Crippen LogP contribution < -0.4 is 11.5 Å². The number of carbonyl (C=O) groups is 1.